The van der Waals surface area contributed by atoms with E-state index in [-0.39, 0.29) is 6.10 Å². The molecule has 3 rings (SSSR count). The zero-order valence-corrected chi connectivity index (χ0v) is 9.37. The summed E-state index contributed by atoms with van der Waals surface area (Å²) in [5, 5.41) is 14.0. The minimum Gasteiger partial charge on any atom is -0.399 e. The lowest BCUT2D eigenvalue weighted by Crippen LogP contribution is -2.23. The molecule has 0 fully saturated rings. The molecular weight excluding hydrogens is 216 g/mol. The monoisotopic (exact) mass is 230 g/mol. The molecule has 0 saturated carbocycles. The second-order valence-electron chi connectivity index (χ2n) is 4.34. The van der Waals surface area contributed by atoms with E-state index < -0.39 is 0 Å². The fourth-order valence-electron chi connectivity index (χ4n) is 2.04. The molecule has 1 aliphatic heterocycles. The van der Waals surface area contributed by atoms with Crippen LogP contribution in [0.15, 0.2) is 24.3 Å². The molecule has 0 spiro atoms. The summed E-state index contributed by atoms with van der Waals surface area (Å²) in [7, 11) is 0. The van der Waals surface area contributed by atoms with E-state index in [2.05, 4.69) is 10.1 Å². The predicted octanol–water partition coefficient (Wildman–Crippen LogP) is 0.834. The molecule has 0 amide bonds. The summed E-state index contributed by atoms with van der Waals surface area (Å²) in [6.07, 6.45) is 1.05. The number of aryl methyl sites for hydroxylation is 1. The minimum atomic E-state index is -0.286. The fourth-order valence-corrected chi connectivity index (χ4v) is 2.04. The van der Waals surface area contributed by atoms with Crippen molar-refractivity contribution < 1.29 is 5.11 Å². The molecule has 1 atom stereocenters. The minimum absolute atomic E-state index is 0.286. The third-order valence-corrected chi connectivity index (χ3v) is 3.01. The van der Waals surface area contributed by atoms with Crippen LogP contribution in [-0.4, -0.2) is 26.0 Å². The zero-order chi connectivity index (χ0) is 11.8. The van der Waals surface area contributed by atoms with Crippen LogP contribution in [0.4, 0.5) is 5.69 Å². The number of benzene rings is 1. The van der Waals surface area contributed by atoms with E-state index in [4.69, 9.17) is 5.73 Å². The van der Waals surface area contributed by atoms with Gasteiger partial charge in [0.25, 0.3) is 0 Å². The first-order valence-electron chi connectivity index (χ1n) is 5.70. The number of nitrogen functional groups attached to an aromatic ring is 1. The average Bonchev–Trinajstić information content (AvgIpc) is 2.72. The smallest absolute Gasteiger partial charge is 0.181 e. The van der Waals surface area contributed by atoms with Gasteiger partial charge in [-0.05, 0) is 30.7 Å². The van der Waals surface area contributed by atoms with Gasteiger partial charge in [-0.3, -0.25) is 0 Å². The molecule has 88 valence electrons. The number of nitrogens with two attached hydrogens (primary N) is 1. The van der Waals surface area contributed by atoms with Gasteiger partial charge in [-0.1, -0.05) is 0 Å². The maximum absolute atomic E-state index is 9.57. The van der Waals surface area contributed by atoms with Crippen molar-refractivity contribution in [2.45, 2.75) is 25.5 Å². The third-order valence-electron chi connectivity index (χ3n) is 3.01. The third kappa shape index (κ3) is 1.89. The second-order valence-corrected chi connectivity index (χ2v) is 4.34. The first kappa shape index (κ1) is 10.3. The van der Waals surface area contributed by atoms with Crippen LogP contribution in [0.5, 0.6) is 0 Å². The Bertz CT molecular complexity index is 532. The van der Waals surface area contributed by atoms with Gasteiger partial charge < -0.3 is 10.8 Å². The molecule has 1 aromatic carbocycles. The first-order chi connectivity index (χ1) is 8.22. The van der Waals surface area contributed by atoms with Crippen LogP contribution >= 0.6 is 0 Å². The van der Waals surface area contributed by atoms with E-state index in [0.29, 0.717) is 12.2 Å². The van der Waals surface area contributed by atoms with Gasteiger partial charge in [0, 0.05) is 24.2 Å². The fraction of sp³-hybridized carbons (Fsp3) is 0.333. The Hall–Kier alpha value is -1.88. The number of aliphatic hydroxyl groups excluding tert-OH is 1. The quantitative estimate of drug-likeness (QED) is 0.711. The summed E-state index contributed by atoms with van der Waals surface area (Å²) in [4.78, 5) is 4.45. The molecule has 5 heteroatoms. The first-order valence-corrected chi connectivity index (χ1v) is 5.70. The van der Waals surface area contributed by atoms with Gasteiger partial charge in [-0.25, -0.2) is 9.67 Å². The lowest BCUT2D eigenvalue weighted by Gasteiger charge is -2.16. The van der Waals surface area contributed by atoms with Gasteiger partial charge in [0.2, 0.25) is 0 Å². The molecule has 0 radical (unpaired) electrons. The standard InChI is InChI=1S/C12H14N4O/c13-9-3-1-8(2-4-9)12-14-11-7-10(17)5-6-16(11)15-12/h1-4,10,17H,5-7,13H2. The van der Waals surface area contributed by atoms with E-state index in [1.54, 1.807) is 0 Å². The van der Waals surface area contributed by atoms with Crippen LogP contribution in [0.3, 0.4) is 0 Å². The number of aliphatic hydroxyl groups is 1. The summed E-state index contributed by atoms with van der Waals surface area (Å²) in [5.74, 6) is 1.56. The highest BCUT2D eigenvalue weighted by Gasteiger charge is 2.20. The molecular formula is C12H14N4O. The molecule has 0 bridgehead atoms. The van der Waals surface area contributed by atoms with E-state index in [1.807, 2.05) is 28.9 Å². The van der Waals surface area contributed by atoms with Gasteiger partial charge in [-0.2, -0.15) is 5.10 Å². The van der Waals surface area contributed by atoms with Crippen molar-refractivity contribution >= 4 is 5.69 Å². The van der Waals surface area contributed by atoms with Gasteiger partial charge in [-0.15, -0.1) is 0 Å². The molecule has 17 heavy (non-hydrogen) atoms. The summed E-state index contributed by atoms with van der Waals surface area (Å²) in [6, 6.07) is 7.49. The summed E-state index contributed by atoms with van der Waals surface area (Å²) in [5.41, 5.74) is 7.33. The summed E-state index contributed by atoms with van der Waals surface area (Å²) in [6.45, 7) is 0.735. The highest BCUT2D eigenvalue weighted by atomic mass is 16.3. The van der Waals surface area contributed by atoms with Crippen molar-refractivity contribution in [3.8, 4) is 11.4 Å². The molecule has 2 aromatic rings. The van der Waals surface area contributed by atoms with E-state index in [0.717, 1.165) is 30.0 Å². The van der Waals surface area contributed by atoms with Crippen molar-refractivity contribution in [2.75, 3.05) is 5.73 Å². The molecule has 5 nitrogen and oxygen atoms in total. The lowest BCUT2D eigenvalue weighted by molar-refractivity contribution is 0.138. The van der Waals surface area contributed by atoms with Crippen molar-refractivity contribution in [3.05, 3.63) is 30.1 Å². The number of anilines is 1. The summed E-state index contributed by atoms with van der Waals surface area (Å²) >= 11 is 0. The SMILES string of the molecule is Nc1ccc(-c2nc3n(n2)CCC(O)C3)cc1. The van der Waals surface area contributed by atoms with Crippen LogP contribution in [0.1, 0.15) is 12.2 Å². The molecule has 0 aliphatic carbocycles. The highest BCUT2D eigenvalue weighted by Crippen LogP contribution is 2.20. The number of nitrogens with zero attached hydrogens (tertiary/aromatic N) is 3. The van der Waals surface area contributed by atoms with Crippen LogP contribution < -0.4 is 5.73 Å². The lowest BCUT2D eigenvalue weighted by atomic mass is 10.1. The van der Waals surface area contributed by atoms with Crippen molar-refractivity contribution in [3.63, 3.8) is 0 Å². The largest absolute Gasteiger partial charge is 0.399 e. The molecule has 3 N–H and O–H groups in total. The number of hydrogen-bond donors (Lipinski definition) is 2. The van der Waals surface area contributed by atoms with Crippen LogP contribution in [0, 0.1) is 0 Å². The Morgan fingerprint density at radius 1 is 1.29 bits per heavy atom. The number of aromatic nitrogens is 3. The molecule has 0 saturated heterocycles. The van der Waals surface area contributed by atoms with Gasteiger partial charge in [0.15, 0.2) is 5.82 Å². The maximum Gasteiger partial charge on any atom is 0.181 e. The highest BCUT2D eigenvalue weighted by molar-refractivity contribution is 5.58. The van der Waals surface area contributed by atoms with Crippen molar-refractivity contribution in [1.82, 2.24) is 14.8 Å². The topological polar surface area (TPSA) is 77.0 Å². The van der Waals surface area contributed by atoms with Crippen LogP contribution in [0.2, 0.25) is 0 Å². The van der Waals surface area contributed by atoms with Gasteiger partial charge in [0.05, 0.1) is 6.10 Å². The normalized spacial score (nSPS) is 19.0. The van der Waals surface area contributed by atoms with Crippen LogP contribution in [0.25, 0.3) is 11.4 Å². The Morgan fingerprint density at radius 3 is 2.82 bits per heavy atom. The molecule has 1 unspecified atom stereocenters. The van der Waals surface area contributed by atoms with E-state index in [9.17, 15) is 5.11 Å². The zero-order valence-electron chi connectivity index (χ0n) is 9.37. The molecule has 1 aromatic heterocycles. The Kier molecular flexibility index (Phi) is 2.33. The Labute approximate surface area is 98.9 Å². The van der Waals surface area contributed by atoms with Gasteiger partial charge >= 0.3 is 0 Å². The number of rotatable bonds is 1. The van der Waals surface area contributed by atoms with Gasteiger partial charge in [0.1, 0.15) is 5.82 Å². The Balaban J connectivity index is 1.97. The maximum atomic E-state index is 9.57. The second kappa shape index (κ2) is 3.85. The number of hydrogen-bond acceptors (Lipinski definition) is 4. The Morgan fingerprint density at radius 2 is 2.06 bits per heavy atom. The molecule has 2 heterocycles. The molecule has 1 aliphatic rings. The average molecular weight is 230 g/mol. The summed E-state index contributed by atoms with van der Waals surface area (Å²) < 4.78 is 1.87. The number of fused-ring (bicyclic) bond motifs is 1. The van der Waals surface area contributed by atoms with E-state index in [1.165, 1.54) is 0 Å². The van der Waals surface area contributed by atoms with E-state index >= 15 is 0 Å². The van der Waals surface area contributed by atoms with Crippen LogP contribution in [-0.2, 0) is 13.0 Å². The van der Waals surface area contributed by atoms with Crippen molar-refractivity contribution in [1.29, 1.82) is 0 Å². The van der Waals surface area contributed by atoms with Crippen molar-refractivity contribution in [2.24, 2.45) is 0 Å². The predicted molar refractivity (Wildman–Crippen MR) is 64.2 cm³/mol.